The van der Waals surface area contributed by atoms with E-state index in [1.165, 1.54) is 0 Å². The van der Waals surface area contributed by atoms with E-state index in [9.17, 15) is 14.4 Å². The molecular weight excluding hydrogens is 400 g/mol. The first-order valence-electron chi connectivity index (χ1n) is 10.4. The van der Waals surface area contributed by atoms with Gasteiger partial charge in [-0.1, -0.05) is 12.1 Å². The minimum atomic E-state index is -0.616. The van der Waals surface area contributed by atoms with E-state index in [2.05, 4.69) is 15.7 Å². The molecule has 4 N–H and O–H groups in total. The fourth-order valence-electron chi connectivity index (χ4n) is 4.46. The number of piperidine rings is 1. The Kier molecular flexibility index (Phi) is 4.95. The molecule has 162 valence electrons. The summed E-state index contributed by atoms with van der Waals surface area (Å²) in [6, 6.07) is 4.94. The van der Waals surface area contributed by atoms with Crippen LogP contribution in [-0.4, -0.2) is 57.7 Å². The van der Waals surface area contributed by atoms with Gasteiger partial charge in [-0.05, 0) is 23.6 Å². The number of benzene rings is 1. The Bertz CT molecular complexity index is 1050. The van der Waals surface area contributed by atoms with Crippen molar-refractivity contribution in [3.05, 3.63) is 47.3 Å². The first-order valence-corrected chi connectivity index (χ1v) is 10.4. The molecule has 1 aromatic heterocycles. The van der Waals surface area contributed by atoms with Gasteiger partial charge in [0.25, 0.3) is 5.91 Å². The van der Waals surface area contributed by atoms with Gasteiger partial charge >= 0.3 is 0 Å². The van der Waals surface area contributed by atoms with Crippen molar-refractivity contribution < 1.29 is 19.1 Å². The van der Waals surface area contributed by atoms with Crippen LogP contribution in [0.2, 0.25) is 0 Å². The van der Waals surface area contributed by atoms with Crippen LogP contribution in [0, 0.1) is 0 Å². The average Bonchev–Trinajstić information content (AvgIpc) is 3.46. The van der Waals surface area contributed by atoms with E-state index in [0.29, 0.717) is 38.3 Å². The van der Waals surface area contributed by atoms with E-state index >= 15 is 0 Å². The number of carbonyl (C=O) groups is 3. The van der Waals surface area contributed by atoms with E-state index < -0.39 is 11.9 Å². The number of aromatic nitrogens is 2. The molecule has 31 heavy (non-hydrogen) atoms. The number of rotatable bonds is 5. The number of carbonyl (C=O) groups excluding carboxylic acids is 3. The van der Waals surface area contributed by atoms with Crippen LogP contribution >= 0.6 is 0 Å². The largest absolute Gasteiger partial charge is 0.378 e. The maximum atomic E-state index is 12.9. The van der Waals surface area contributed by atoms with Gasteiger partial charge in [0.05, 0.1) is 37.2 Å². The first kappa shape index (κ1) is 19.7. The van der Waals surface area contributed by atoms with Gasteiger partial charge in [0.2, 0.25) is 11.8 Å². The van der Waals surface area contributed by atoms with Crippen molar-refractivity contribution in [1.29, 1.82) is 0 Å². The highest BCUT2D eigenvalue weighted by atomic mass is 16.5. The van der Waals surface area contributed by atoms with Crippen molar-refractivity contribution >= 4 is 23.4 Å². The van der Waals surface area contributed by atoms with E-state index in [-0.39, 0.29) is 30.3 Å². The zero-order valence-electron chi connectivity index (χ0n) is 16.9. The Morgan fingerprint density at radius 3 is 2.90 bits per heavy atom. The van der Waals surface area contributed by atoms with Crippen LogP contribution in [0.3, 0.4) is 0 Å². The van der Waals surface area contributed by atoms with Crippen molar-refractivity contribution in [1.82, 2.24) is 20.0 Å². The Balaban J connectivity index is 1.29. The molecule has 3 amide bonds. The van der Waals surface area contributed by atoms with Crippen molar-refractivity contribution in [2.75, 3.05) is 18.5 Å². The van der Waals surface area contributed by atoms with Gasteiger partial charge in [-0.2, -0.15) is 5.10 Å². The van der Waals surface area contributed by atoms with Crippen LogP contribution < -0.4 is 16.4 Å². The van der Waals surface area contributed by atoms with Crippen LogP contribution in [0.5, 0.6) is 0 Å². The summed E-state index contributed by atoms with van der Waals surface area (Å²) in [5.74, 6) is -0.867. The Hall–Kier alpha value is -3.24. The second-order valence-corrected chi connectivity index (χ2v) is 8.17. The molecular formula is C21H24N6O4. The van der Waals surface area contributed by atoms with Gasteiger partial charge in [0.15, 0.2) is 0 Å². The third-order valence-corrected chi connectivity index (χ3v) is 6.20. The minimum Gasteiger partial charge on any atom is -0.378 e. The lowest BCUT2D eigenvalue weighted by atomic mass is 10.0. The van der Waals surface area contributed by atoms with E-state index in [0.717, 1.165) is 16.8 Å². The van der Waals surface area contributed by atoms with Crippen molar-refractivity contribution in [3.8, 4) is 0 Å². The monoisotopic (exact) mass is 424 g/mol. The number of nitrogens with one attached hydrogen (secondary N) is 2. The Labute approximate surface area is 178 Å². The highest BCUT2D eigenvalue weighted by molar-refractivity contribution is 6.05. The predicted octanol–water partition coefficient (Wildman–Crippen LogP) is 0.155. The number of anilines is 1. The molecule has 2 fully saturated rings. The number of amides is 3. The van der Waals surface area contributed by atoms with Gasteiger partial charge in [0, 0.05) is 31.3 Å². The topological polar surface area (TPSA) is 132 Å². The molecule has 0 radical (unpaired) electrons. The lowest BCUT2D eigenvalue weighted by Crippen LogP contribution is -2.52. The number of fused-ring (bicyclic) bond motifs is 1. The first-order chi connectivity index (χ1) is 15.0. The van der Waals surface area contributed by atoms with Crippen LogP contribution in [-0.2, 0) is 27.4 Å². The molecule has 0 spiro atoms. The van der Waals surface area contributed by atoms with Gasteiger partial charge in [0.1, 0.15) is 6.04 Å². The molecule has 0 bridgehead atoms. The maximum Gasteiger partial charge on any atom is 0.255 e. The molecule has 2 saturated heterocycles. The van der Waals surface area contributed by atoms with Crippen LogP contribution in [0.4, 0.5) is 5.69 Å². The number of nitrogens with two attached hydrogens (primary N) is 1. The van der Waals surface area contributed by atoms with E-state index in [4.69, 9.17) is 10.5 Å². The third kappa shape index (κ3) is 3.57. The fraction of sp³-hybridized carbons (Fsp3) is 0.429. The summed E-state index contributed by atoms with van der Waals surface area (Å²) in [6.07, 6.45) is 4.24. The van der Waals surface area contributed by atoms with Gasteiger partial charge in [-0.3, -0.25) is 24.4 Å². The molecule has 3 aliphatic rings. The van der Waals surface area contributed by atoms with Crippen LogP contribution in [0.1, 0.15) is 40.4 Å². The lowest BCUT2D eigenvalue weighted by molar-refractivity contribution is -0.136. The number of ether oxygens (including phenoxy) is 1. The molecule has 1 unspecified atom stereocenters. The Morgan fingerprint density at radius 2 is 2.13 bits per heavy atom. The summed E-state index contributed by atoms with van der Waals surface area (Å²) in [6.45, 7) is 1.94. The van der Waals surface area contributed by atoms with Crippen LogP contribution in [0.25, 0.3) is 0 Å². The molecule has 3 aliphatic heterocycles. The molecule has 5 rings (SSSR count). The number of nitrogens with zero attached hydrogens (tertiary/aromatic N) is 3. The number of hydrogen-bond acceptors (Lipinski definition) is 7. The lowest BCUT2D eigenvalue weighted by Gasteiger charge is -2.29. The summed E-state index contributed by atoms with van der Waals surface area (Å²) in [4.78, 5) is 38.2. The predicted molar refractivity (Wildman–Crippen MR) is 110 cm³/mol. The standard InChI is InChI=1S/C21H24N6O4/c22-16-10-31-11-18(16)27-8-13(7-24-27)23-6-12-2-1-3-14-15(12)9-26(21(14)30)17-4-5-19(28)25-20(17)29/h1-3,7-8,16-18,23H,4-6,9-11,22H2,(H,25,28,29)/t16-,17?,18+/m1/s1. The summed E-state index contributed by atoms with van der Waals surface area (Å²) >= 11 is 0. The normalized spacial score (nSPS) is 25.6. The quantitative estimate of drug-likeness (QED) is 0.583. The average molecular weight is 424 g/mol. The maximum absolute atomic E-state index is 12.9. The zero-order valence-corrected chi connectivity index (χ0v) is 16.9. The summed E-state index contributed by atoms with van der Waals surface area (Å²) in [5, 5.41) is 10.1. The molecule has 3 atom stereocenters. The third-order valence-electron chi connectivity index (χ3n) is 6.20. The molecule has 0 saturated carbocycles. The molecule has 1 aromatic carbocycles. The van der Waals surface area contributed by atoms with Gasteiger partial charge in [-0.15, -0.1) is 0 Å². The smallest absolute Gasteiger partial charge is 0.255 e. The summed E-state index contributed by atoms with van der Waals surface area (Å²) in [7, 11) is 0. The highest BCUT2D eigenvalue weighted by Crippen LogP contribution is 2.30. The summed E-state index contributed by atoms with van der Waals surface area (Å²) in [5.41, 5.74) is 9.40. The summed E-state index contributed by atoms with van der Waals surface area (Å²) < 4.78 is 7.23. The number of hydrogen-bond donors (Lipinski definition) is 3. The SMILES string of the molecule is N[C@@H]1COC[C@@H]1n1cc(NCc2cccc3c2CN(C2CCC(=O)NC2=O)C3=O)cn1. The molecule has 2 aromatic rings. The van der Waals surface area contributed by atoms with Crippen molar-refractivity contribution in [2.45, 2.75) is 44.1 Å². The molecule has 4 heterocycles. The highest BCUT2D eigenvalue weighted by Gasteiger charge is 2.39. The van der Waals surface area contributed by atoms with Gasteiger partial charge in [-0.25, -0.2) is 0 Å². The van der Waals surface area contributed by atoms with E-state index in [1.807, 2.05) is 23.0 Å². The molecule has 0 aliphatic carbocycles. The number of imide groups is 1. The van der Waals surface area contributed by atoms with Crippen molar-refractivity contribution in [3.63, 3.8) is 0 Å². The minimum absolute atomic E-state index is 0.0243. The van der Waals surface area contributed by atoms with Crippen LogP contribution in [0.15, 0.2) is 30.6 Å². The molecule has 10 nitrogen and oxygen atoms in total. The molecule has 10 heteroatoms. The second kappa shape index (κ2) is 7.78. The zero-order chi connectivity index (χ0) is 21.5. The Morgan fingerprint density at radius 1 is 1.26 bits per heavy atom. The fourth-order valence-corrected chi connectivity index (χ4v) is 4.46. The van der Waals surface area contributed by atoms with Crippen molar-refractivity contribution in [2.24, 2.45) is 5.73 Å². The second-order valence-electron chi connectivity index (χ2n) is 8.17. The van der Waals surface area contributed by atoms with Gasteiger partial charge < -0.3 is 20.7 Å². The van der Waals surface area contributed by atoms with E-state index in [1.54, 1.807) is 17.2 Å².